The molecule has 1 heterocycles. The lowest BCUT2D eigenvalue weighted by Crippen LogP contribution is -2.19. The van der Waals surface area contributed by atoms with E-state index in [1.54, 1.807) is 19.9 Å². The molecule has 0 saturated heterocycles. The number of hydrogen-bond donors (Lipinski definition) is 2. The Bertz CT molecular complexity index is 840. The van der Waals surface area contributed by atoms with Gasteiger partial charge in [-0.2, -0.15) is 0 Å². The van der Waals surface area contributed by atoms with Gasteiger partial charge >= 0.3 is 0 Å². The van der Waals surface area contributed by atoms with E-state index in [4.69, 9.17) is 10.2 Å². The number of benzene rings is 2. The molecule has 0 aliphatic rings. The van der Waals surface area contributed by atoms with Crippen LogP contribution in [0.4, 0.5) is 5.69 Å². The van der Waals surface area contributed by atoms with Crippen LogP contribution < -0.4 is 5.73 Å². The SMILES string of the molecule is Cc1ccc(-c2nc3cc(N)c(C(C)(C)O)c(C)c3o2)cc1. The smallest absolute Gasteiger partial charge is 0.227 e. The first-order valence-corrected chi connectivity index (χ1v) is 7.27. The summed E-state index contributed by atoms with van der Waals surface area (Å²) in [5.74, 6) is 0.561. The molecule has 0 fully saturated rings. The maximum Gasteiger partial charge on any atom is 0.227 e. The van der Waals surface area contributed by atoms with Crippen LogP contribution in [0.15, 0.2) is 34.7 Å². The minimum Gasteiger partial charge on any atom is -0.436 e. The summed E-state index contributed by atoms with van der Waals surface area (Å²) in [4.78, 5) is 4.53. The molecule has 0 unspecified atom stereocenters. The van der Waals surface area contributed by atoms with Gasteiger partial charge in [0, 0.05) is 22.4 Å². The maximum atomic E-state index is 10.3. The Labute approximate surface area is 129 Å². The maximum absolute atomic E-state index is 10.3. The van der Waals surface area contributed by atoms with Crippen molar-refractivity contribution < 1.29 is 9.52 Å². The fourth-order valence-electron chi connectivity index (χ4n) is 2.88. The molecule has 0 spiro atoms. The highest BCUT2D eigenvalue weighted by Gasteiger charge is 2.25. The summed E-state index contributed by atoms with van der Waals surface area (Å²) in [6.45, 7) is 7.37. The lowest BCUT2D eigenvalue weighted by molar-refractivity contribution is 0.0788. The number of nitrogens with zero attached hydrogens (tertiary/aromatic N) is 1. The number of oxazole rings is 1. The first-order valence-electron chi connectivity index (χ1n) is 7.27. The molecule has 114 valence electrons. The molecule has 2 aromatic carbocycles. The number of aliphatic hydroxyl groups is 1. The zero-order valence-electron chi connectivity index (χ0n) is 13.3. The van der Waals surface area contributed by atoms with Gasteiger partial charge in [0.05, 0.1) is 5.60 Å². The van der Waals surface area contributed by atoms with E-state index in [0.717, 1.165) is 11.1 Å². The monoisotopic (exact) mass is 296 g/mol. The van der Waals surface area contributed by atoms with Crippen LogP contribution in [-0.2, 0) is 5.60 Å². The van der Waals surface area contributed by atoms with E-state index >= 15 is 0 Å². The van der Waals surface area contributed by atoms with Crippen molar-refractivity contribution in [2.75, 3.05) is 5.73 Å². The quantitative estimate of drug-likeness (QED) is 0.703. The summed E-state index contributed by atoms with van der Waals surface area (Å²) in [6.07, 6.45) is 0. The van der Waals surface area contributed by atoms with Gasteiger partial charge in [0.25, 0.3) is 0 Å². The number of rotatable bonds is 2. The zero-order valence-corrected chi connectivity index (χ0v) is 13.3. The van der Waals surface area contributed by atoms with Crippen LogP contribution >= 0.6 is 0 Å². The second-order valence-corrected chi connectivity index (χ2v) is 6.26. The van der Waals surface area contributed by atoms with Gasteiger partial charge < -0.3 is 15.3 Å². The van der Waals surface area contributed by atoms with Crippen LogP contribution in [0.1, 0.15) is 30.5 Å². The van der Waals surface area contributed by atoms with Crippen molar-refractivity contribution in [3.05, 3.63) is 47.0 Å². The Hall–Kier alpha value is -2.33. The van der Waals surface area contributed by atoms with Gasteiger partial charge in [-0.25, -0.2) is 4.98 Å². The Morgan fingerprint density at radius 2 is 1.77 bits per heavy atom. The van der Waals surface area contributed by atoms with E-state index in [1.165, 1.54) is 5.56 Å². The molecular formula is C18H20N2O2. The molecular weight excluding hydrogens is 276 g/mol. The van der Waals surface area contributed by atoms with Crippen LogP contribution in [-0.4, -0.2) is 10.1 Å². The van der Waals surface area contributed by atoms with Crippen molar-refractivity contribution in [3.8, 4) is 11.5 Å². The first kappa shape index (κ1) is 14.6. The summed E-state index contributed by atoms with van der Waals surface area (Å²) in [5.41, 5.74) is 10.6. The molecule has 0 amide bonds. The third-order valence-electron chi connectivity index (χ3n) is 3.86. The highest BCUT2D eigenvalue weighted by atomic mass is 16.3. The van der Waals surface area contributed by atoms with E-state index < -0.39 is 5.60 Å². The van der Waals surface area contributed by atoms with Crippen molar-refractivity contribution in [1.29, 1.82) is 0 Å². The third kappa shape index (κ3) is 2.35. The summed E-state index contributed by atoms with van der Waals surface area (Å²) < 4.78 is 5.94. The first-order chi connectivity index (χ1) is 10.3. The van der Waals surface area contributed by atoms with Gasteiger partial charge in [-0.05, 0) is 45.9 Å². The molecule has 3 rings (SSSR count). The van der Waals surface area contributed by atoms with Crippen molar-refractivity contribution in [1.82, 2.24) is 4.98 Å². The van der Waals surface area contributed by atoms with E-state index in [2.05, 4.69) is 4.98 Å². The summed E-state index contributed by atoms with van der Waals surface area (Å²) in [6, 6.07) is 9.77. The second-order valence-electron chi connectivity index (χ2n) is 6.26. The molecule has 0 atom stereocenters. The van der Waals surface area contributed by atoms with Crippen molar-refractivity contribution in [2.24, 2.45) is 0 Å². The van der Waals surface area contributed by atoms with Crippen LogP contribution in [0.25, 0.3) is 22.6 Å². The number of fused-ring (bicyclic) bond motifs is 1. The van der Waals surface area contributed by atoms with Crippen LogP contribution in [0.2, 0.25) is 0 Å². The normalized spacial score (nSPS) is 12.0. The van der Waals surface area contributed by atoms with Gasteiger partial charge in [-0.3, -0.25) is 0 Å². The molecule has 0 aliphatic heterocycles. The lowest BCUT2D eigenvalue weighted by atomic mass is 9.91. The molecule has 1 aromatic heterocycles. The van der Waals surface area contributed by atoms with Crippen molar-refractivity contribution in [2.45, 2.75) is 33.3 Å². The molecule has 4 nitrogen and oxygen atoms in total. The number of anilines is 1. The summed E-state index contributed by atoms with van der Waals surface area (Å²) >= 11 is 0. The molecule has 4 heteroatoms. The van der Waals surface area contributed by atoms with Crippen molar-refractivity contribution in [3.63, 3.8) is 0 Å². The van der Waals surface area contributed by atoms with Gasteiger partial charge in [0.1, 0.15) is 5.52 Å². The molecule has 3 aromatic rings. The van der Waals surface area contributed by atoms with Crippen molar-refractivity contribution >= 4 is 16.8 Å². The number of hydrogen-bond acceptors (Lipinski definition) is 4. The van der Waals surface area contributed by atoms with E-state index in [9.17, 15) is 5.11 Å². The standard InChI is InChI=1S/C18H20N2O2/c1-10-5-7-12(8-6-10)17-20-14-9-13(19)15(18(3,4)21)11(2)16(14)22-17/h5-9,21H,19H2,1-4H3. The Morgan fingerprint density at radius 3 is 2.36 bits per heavy atom. The Morgan fingerprint density at radius 1 is 1.14 bits per heavy atom. The minimum absolute atomic E-state index is 0.529. The third-order valence-corrected chi connectivity index (χ3v) is 3.86. The summed E-state index contributed by atoms with van der Waals surface area (Å²) in [7, 11) is 0. The number of nitrogen functional groups attached to an aromatic ring is 1. The topological polar surface area (TPSA) is 72.3 Å². The van der Waals surface area contributed by atoms with E-state index in [1.807, 2.05) is 38.1 Å². The fraction of sp³-hybridized carbons (Fsp3) is 0.278. The molecule has 0 saturated carbocycles. The van der Waals surface area contributed by atoms with Gasteiger partial charge in [-0.15, -0.1) is 0 Å². The highest BCUT2D eigenvalue weighted by molar-refractivity contribution is 5.85. The van der Waals surface area contributed by atoms with Gasteiger partial charge in [-0.1, -0.05) is 17.7 Å². The van der Waals surface area contributed by atoms with E-state index in [-0.39, 0.29) is 0 Å². The molecule has 22 heavy (non-hydrogen) atoms. The molecule has 0 radical (unpaired) electrons. The number of aryl methyl sites for hydroxylation is 2. The van der Waals surface area contributed by atoms with Gasteiger partial charge in [0.2, 0.25) is 5.89 Å². The molecule has 3 N–H and O–H groups in total. The highest BCUT2D eigenvalue weighted by Crippen LogP contribution is 2.36. The largest absolute Gasteiger partial charge is 0.436 e. The Balaban J connectivity index is 2.22. The van der Waals surface area contributed by atoms with E-state index in [0.29, 0.717) is 28.2 Å². The average molecular weight is 296 g/mol. The summed E-state index contributed by atoms with van der Waals surface area (Å²) in [5, 5.41) is 10.3. The lowest BCUT2D eigenvalue weighted by Gasteiger charge is -2.22. The fourth-order valence-corrected chi connectivity index (χ4v) is 2.88. The number of nitrogens with two attached hydrogens (primary N) is 1. The molecule has 0 bridgehead atoms. The van der Waals surface area contributed by atoms with Crippen LogP contribution in [0, 0.1) is 13.8 Å². The van der Waals surface area contributed by atoms with Gasteiger partial charge in [0.15, 0.2) is 5.58 Å². The average Bonchev–Trinajstić information content (AvgIpc) is 2.82. The second kappa shape index (κ2) is 4.85. The predicted molar refractivity (Wildman–Crippen MR) is 88.6 cm³/mol. The van der Waals surface area contributed by atoms with Crippen LogP contribution in [0.5, 0.6) is 0 Å². The number of aromatic nitrogens is 1. The van der Waals surface area contributed by atoms with Crippen LogP contribution in [0.3, 0.4) is 0 Å². The zero-order chi connectivity index (χ0) is 16.1. The Kier molecular flexibility index (Phi) is 3.22. The molecule has 0 aliphatic carbocycles. The predicted octanol–water partition coefficient (Wildman–Crippen LogP) is 3.92. The minimum atomic E-state index is -1.03.